The van der Waals surface area contributed by atoms with Crippen molar-refractivity contribution in [3.8, 4) is 17.2 Å². The molecule has 0 aliphatic carbocycles. The van der Waals surface area contributed by atoms with Gasteiger partial charge in [0.05, 0.1) is 11.6 Å². The molecule has 4 nitrogen and oxygen atoms in total. The van der Waals surface area contributed by atoms with Crippen molar-refractivity contribution in [2.24, 2.45) is 0 Å². The Morgan fingerprint density at radius 2 is 1.76 bits per heavy atom. The lowest BCUT2D eigenvalue weighted by molar-refractivity contribution is -0.138. The van der Waals surface area contributed by atoms with Crippen molar-refractivity contribution in [3.05, 3.63) is 72.6 Å². The number of aromatic nitrogens is 1. The van der Waals surface area contributed by atoms with E-state index in [9.17, 15) is 15.2 Å². The minimum atomic E-state index is -0.929. The van der Waals surface area contributed by atoms with Crippen molar-refractivity contribution in [1.82, 2.24) is 4.98 Å². The number of aliphatic carboxylic acids is 1. The molecule has 0 radical (unpaired) electrons. The van der Waals surface area contributed by atoms with E-state index >= 15 is 0 Å². The number of carboxylic acids is 1. The fourth-order valence-corrected chi connectivity index (χ4v) is 4.38. The fraction of sp³-hybridized carbons (Fsp3) is 0.125. The van der Waals surface area contributed by atoms with Crippen LogP contribution in [0.2, 0.25) is 0 Å². The number of nitriles is 1. The van der Waals surface area contributed by atoms with E-state index < -0.39 is 10.7 Å². The number of thioether (sulfide) groups is 1. The highest BCUT2D eigenvalue weighted by Crippen LogP contribution is 2.38. The van der Waals surface area contributed by atoms with Crippen LogP contribution in [-0.4, -0.2) is 20.8 Å². The zero-order valence-corrected chi connectivity index (χ0v) is 16.8. The Morgan fingerprint density at radius 3 is 2.48 bits per heavy atom. The quantitative estimate of drug-likeness (QED) is 0.434. The van der Waals surface area contributed by atoms with Gasteiger partial charge in [-0.15, -0.1) is 11.8 Å². The Hall–Kier alpha value is -3.36. The van der Waals surface area contributed by atoms with E-state index in [0.29, 0.717) is 5.56 Å². The van der Waals surface area contributed by atoms with Gasteiger partial charge in [0.15, 0.2) is 0 Å². The van der Waals surface area contributed by atoms with E-state index in [4.69, 9.17) is 0 Å². The molecule has 0 saturated heterocycles. The largest absolute Gasteiger partial charge is 0.480 e. The minimum absolute atomic E-state index is 0.636. The molecule has 0 amide bonds. The number of hydrogen-bond donors (Lipinski definition) is 1. The second-order valence-electron chi connectivity index (χ2n) is 7.31. The monoisotopic (exact) mass is 398 g/mol. The summed E-state index contributed by atoms with van der Waals surface area (Å²) in [4.78, 5) is 16.8. The maximum Gasteiger partial charge on any atom is 0.319 e. The molecule has 0 unspecified atom stereocenters. The summed E-state index contributed by atoms with van der Waals surface area (Å²) in [5.74, 6) is -0.851. The number of fused-ring (bicyclic) bond motifs is 2. The summed E-state index contributed by atoms with van der Waals surface area (Å²) in [5.41, 5.74) is 2.59. The summed E-state index contributed by atoms with van der Waals surface area (Å²) in [7, 11) is 0. The third kappa shape index (κ3) is 3.43. The molecule has 0 atom stereocenters. The number of benzene rings is 3. The second-order valence-corrected chi connectivity index (χ2v) is 9.00. The zero-order valence-electron chi connectivity index (χ0n) is 16.0. The van der Waals surface area contributed by atoms with Crippen LogP contribution in [0.25, 0.3) is 32.7 Å². The second kappa shape index (κ2) is 7.23. The predicted octanol–water partition coefficient (Wildman–Crippen LogP) is 5.88. The van der Waals surface area contributed by atoms with Crippen LogP contribution >= 0.6 is 11.8 Å². The molecule has 1 aromatic heterocycles. The van der Waals surface area contributed by atoms with Crippen LogP contribution in [0.3, 0.4) is 0 Å². The van der Waals surface area contributed by atoms with Gasteiger partial charge >= 0.3 is 5.97 Å². The van der Waals surface area contributed by atoms with Gasteiger partial charge < -0.3 is 5.11 Å². The molecule has 0 fully saturated rings. The molecule has 0 saturated carbocycles. The average molecular weight is 398 g/mol. The first-order valence-electron chi connectivity index (χ1n) is 9.13. The molecule has 4 aromatic rings. The summed E-state index contributed by atoms with van der Waals surface area (Å²) in [5, 5.41) is 22.8. The molecular formula is C24H18N2O2S. The number of pyridine rings is 1. The predicted molar refractivity (Wildman–Crippen MR) is 117 cm³/mol. The van der Waals surface area contributed by atoms with E-state index in [-0.39, 0.29) is 0 Å². The molecule has 5 heteroatoms. The van der Waals surface area contributed by atoms with E-state index in [1.54, 1.807) is 13.8 Å². The zero-order chi connectivity index (χ0) is 20.6. The van der Waals surface area contributed by atoms with E-state index in [1.165, 1.54) is 11.8 Å². The Kier molecular flexibility index (Phi) is 4.73. The van der Waals surface area contributed by atoms with E-state index in [2.05, 4.69) is 11.1 Å². The van der Waals surface area contributed by atoms with Crippen molar-refractivity contribution in [3.63, 3.8) is 0 Å². The minimum Gasteiger partial charge on any atom is -0.480 e. The smallest absolute Gasteiger partial charge is 0.319 e. The van der Waals surface area contributed by atoms with Crippen LogP contribution in [0, 0.1) is 11.3 Å². The van der Waals surface area contributed by atoms with Gasteiger partial charge in [-0.3, -0.25) is 9.78 Å². The lowest BCUT2D eigenvalue weighted by Crippen LogP contribution is -2.26. The van der Waals surface area contributed by atoms with Gasteiger partial charge in [-0.1, -0.05) is 36.4 Å². The summed E-state index contributed by atoms with van der Waals surface area (Å²) in [6.45, 7) is 3.40. The van der Waals surface area contributed by atoms with Gasteiger partial charge in [-0.2, -0.15) is 5.26 Å². The molecule has 3 aromatic carbocycles. The van der Waals surface area contributed by atoms with Crippen LogP contribution in [-0.2, 0) is 4.79 Å². The van der Waals surface area contributed by atoms with Crippen molar-refractivity contribution >= 4 is 39.3 Å². The van der Waals surface area contributed by atoms with Crippen LogP contribution in [0.5, 0.6) is 0 Å². The van der Waals surface area contributed by atoms with E-state index in [1.807, 2.05) is 67.0 Å². The first kappa shape index (κ1) is 19.0. The lowest BCUT2D eigenvalue weighted by Gasteiger charge is -2.19. The molecule has 0 aliphatic heterocycles. The highest BCUT2D eigenvalue weighted by atomic mass is 32.2. The Bertz CT molecular complexity index is 1310. The summed E-state index contributed by atoms with van der Waals surface area (Å²) >= 11 is 1.32. The molecule has 1 N–H and O–H groups in total. The van der Waals surface area contributed by atoms with Crippen LogP contribution in [0.1, 0.15) is 19.4 Å². The van der Waals surface area contributed by atoms with Crippen LogP contribution < -0.4 is 0 Å². The number of hydrogen-bond acceptors (Lipinski definition) is 4. The average Bonchev–Trinajstić information content (AvgIpc) is 2.72. The highest BCUT2D eigenvalue weighted by Gasteiger charge is 2.28. The molecule has 0 aliphatic rings. The Balaban J connectivity index is 1.94. The third-order valence-corrected chi connectivity index (χ3v) is 6.13. The molecule has 0 bridgehead atoms. The van der Waals surface area contributed by atoms with Crippen molar-refractivity contribution < 1.29 is 9.90 Å². The molecule has 1 heterocycles. The van der Waals surface area contributed by atoms with Crippen LogP contribution in [0.15, 0.2) is 71.9 Å². The van der Waals surface area contributed by atoms with Crippen molar-refractivity contribution in [2.45, 2.75) is 23.5 Å². The van der Waals surface area contributed by atoms with Gasteiger partial charge in [0.1, 0.15) is 4.75 Å². The molecule has 0 spiro atoms. The maximum absolute atomic E-state index is 11.5. The lowest BCUT2D eigenvalue weighted by atomic mass is 9.93. The number of nitrogens with zero attached hydrogens (tertiary/aromatic N) is 2. The summed E-state index contributed by atoms with van der Waals surface area (Å²) in [6, 6.07) is 19.8. The molecule has 4 rings (SSSR count). The maximum atomic E-state index is 11.5. The Labute approximate surface area is 172 Å². The van der Waals surface area contributed by atoms with Gasteiger partial charge in [-0.05, 0) is 48.4 Å². The van der Waals surface area contributed by atoms with Gasteiger partial charge in [-0.25, -0.2) is 0 Å². The van der Waals surface area contributed by atoms with Crippen molar-refractivity contribution in [1.29, 1.82) is 5.26 Å². The first-order valence-corrected chi connectivity index (χ1v) is 9.95. The van der Waals surface area contributed by atoms with Gasteiger partial charge in [0.2, 0.25) is 0 Å². The summed E-state index contributed by atoms with van der Waals surface area (Å²) < 4.78 is -0.929. The standard InChI is InChI=1S/C24H18N2O2S/c1-24(2,23(27)28)29-17-9-7-16-13-26-14-22(21(16)11-17)20-10-8-15(12-25)18-5-3-4-6-19(18)20/h3-11,13-14H,1-2H3,(H,27,28). The number of carboxylic acid groups (broad SMARTS) is 1. The summed E-state index contributed by atoms with van der Waals surface area (Å²) in [6.07, 6.45) is 3.63. The fourth-order valence-electron chi connectivity index (χ4n) is 3.39. The SMILES string of the molecule is CC(C)(Sc1ccc2cncc(-c3ccc(C#N)c4ccccc34)c2c1)C(=O)O. The van der Waals surface area contributed by atoms with Gasteiger partial charge in [0, 0.05) is 33.6 Å². The molecule has 142 valence electrons. The number of rotatable bonds is 4. The topological polar surface area (TPSA) is 74.0 Å². The van der Waals surface area contributed by atoms with Crippen LogP contribution in [0.4, 0.5) is 0 Å². The van der Waals surface area contributed by atoms with Crippen molar-refractivity contribution in [2.75, 3.05) is 0 Å². The highest BCUT2D eigenvalue weighted by molar-refractivity contribution is 8.01. The molecule has 29 heavy (non-hydrogen) atoms. The first-order chi connectivity index (χ1) is 13.9. The molecular weight excluding hydrogens is 380 g/mol. The normalized spacial score (nSPS) is 11.5. The van der Waals surface area contributed by atoms with Gasteiger partial charge in [0.25, 0.3) is 0 Å². The van der Waals surface area contributed by atoms with E-state index in [0.717, 1.165) is 37.6 Å². The third-order valence-electron chi connectivity index (χ3n) is 4.95. The Morgan fingerprint density at radius 1 is 1.00 bits per heavy atom. The number of carbonyl (C=O) groups is 1.